The lowest BCUT2D eigenvalue weighted by Gasteiger charge is -2.07. The Hall–Kier alpha value is -1.56. The lowest BCUT2D eigenvalue weighted by Crippen LogP contribution is -2.13. The number of hydrogen-bond donors (Lipinski definition) is 1. The van der Waals surface area contributed by atoms with Crippen molar-refractivity contribution in [2.45, 2.75) is 4.90 Å². The molecule has 1 heterocycles. The average Bonchev–Trinajstić information content (AvgIpc) is 2.96. The van der Waals surface area contributed by atoms with Crippen LogP contribution in [0.4, 0.5) is 5.69 Å². The van der Waals surface area contributed by atoms with Gasteiger partial charge in [0.05, 0.1) is 10.8 Å². The van der Waals surface area contributed by atoms with Crippen molar-refractivity contribution in [1.29, 1.82) is 0 Å². The largest absolute Gasteiger partial charge is 0.454 e. The molecule has 0 saturated carbocycles. The number of rotatable bonds is 4. The fraction of sp³-hybridized carbons (Fsp3) is 0.133. The maximum absolute atomic E-state index is 12.0. The van der Waals surface area contributed by atoms with E-state index in [-0.39, 0.29) is 18.5 Å². The Kier molecular flexibility index (Phi) is 4.66. The zero-order chi connectivity index (χ0) is 15.5. The highest BCUT2D eigenvalue weighted by atomic mass is 35.5. The van der Waals surface area contributed by atoms with Gasteiger partial charge in [-0.1, -0.05) is 23.2 Å². The second-order valence-electron chi connectivity index (χ2n) is 4.48. The van der Waals surface area contributed by atoms with Crippen molar-refractivity contribution in [3.8, 4) is 11.5 Å². The number of fused-ring (bicyclic) bond motifs is 1. The molecule has 3 rings (SSSR count). The highest BCUT2D eigenvalue weighted by molar-refractivity contribution is 8.00. The van der Waals surface area contributed by atoms with E-state index in [1.54, 1.807) is 36.4 Å². The van der Waals surface area contributed by atoms with Crippen molar-refractivity contribution >= 4 is 46.6 Å². The maximum atomic E-state index is 12.0. The topological polar surface area (TPSA) is 47.6 Å². The molecule has 7 heteroatoms. The predicted octanol–water partition coefficient (Wildman–Crippen LogP) is 4.45. The molecular weight excluding hydrogens is 345 g/mol. The number of benzene rings is 2. The molecule has 2 aromatic rings. The minimum absolute atomic E-state index is 0.139. The SMILES string of the molecule is O=C(CSc1cc(Cl)ccc1Cl)Nc1ccc2c(c1)OCO2. The minimum Gasteiger partial charge on any atom is -0.454 e. The molecule has 0 aliphatic carbocycles. The molecular formula is C15H11Cl2NO3S. The highest BCUT2D eigenvalue weighted by Gasteiger charge is 2.14. The first-order valence-corrected chi connectivity index (χ1v) is 8.13. The van der Waals surface area contributed by atoms with E-state index in [2.05, 4.69) is 5.32 Å². The lowest BCUT2D eigenvalue weighted by atomic mass is 10.3. The lowest BCUT2D eigenvalue weighted by molar-refractivity contribution is -0.113. The van der Waals surface area contributed by atoms with Crippen LogP contribution in [0.1, 0.15) is 0 Å². The average molecular weight is 356 g/mol. The monoisotopic (exact) mass is 355 g/mol. The van der Waals surface area contributed by atoms with E-state index in [0.29, 0.717) is 27.2 Å². The molecule has 0 spiro atoms. The number of carbonyl (C=O) groups excluding carboxylic acids is 1. The van der Waals surface area contributed by atoms with Gasteiger partial charge in [0.15, 0.2) is 11.5 Å². The van der Waals surface area contributed by atoms with Gasteiger partial charge in [0.1, 0.15) is 0 Å². The molecule has 1 aliphatic rings. The van der Waals surface area contributed by atoms with Crippen LogP contribution in [0.25, 0.3) is 0 Å². The van der Waals surface area contributed by atoms with Gasteiger partial charge in [-0.05, 0) is 30.3 Å². The van der Waals surface area contributed by atoms with E-state index in [4.69, 9.17) is 32.7 Å². The van der Waals surface area contributed by atoms with Gasteiger partial charge in [0.2, 0.25) is 12.7 Å². The summed E-state index contributed by atoms with van der Waals surface area (Å²) in [6, 6.07) is 10.4. The zero-order valence-corrected chi connectivity index (χ0v) is 13.6. The van der Waals surface area contributed by atoms with E-state index < -0.39 is 0 Å². The molecule has 22 heavy (non-hydrogen) atoms. The zero-order valence-electron chi connectivity index (χ0n) is 11.3. The van der Waals surface area contributed by atoms with Gasteiger partial charge < -0.3 is 14.8 Å². The van der Waals surface area contributed by atoms with E-state index in [1.807, 2.05) is 0 Å². The molecule has 1 N–H and O–H groups in total. The van der Waals surface area contributed by atoms with Crippen LogP contribution in [0.3, 0.4) is 0 Å². The molecule has 1 amide bonds. The van der Waals surface area contributed by atoms with Crippen LogP contribution >= 0.6 is 35.0 Å². The van der Waals surface area contributed by atoms with Crippen LogP contribution in [-0.4, -0.2) is 18.5 Å². The standard InChI is InChI=1S/C15H11Cl2NO3S/c16-9-1-3-11(17)14(5-9)22-7-15(19)18-10-2-4-12-13(6-10)21-8-20-12/h1-6H,7-8H2,(H,18,19). The Morgan fingerprint density at radius 1 is 1.14 bits per heavy atom. The van der Waals surface area contributed by atoms with Crippen molar-refractivity contribution in [3.63, 3.8) is 0 Å². The Labute approximate surface area is 141 Å². The number of thioether (sulfide) groups is 1. The fourth-order valence-electron chi connectivity index (χ4n) is 1.90. The quantitative estimate of drug-likeness (QED) is 0.822. The fourth-order valence-corrected chi connectivity index (χ4v) is 3.20. The van der Waals surface area contributed by atoms with Gasteiger partial charge in [-0.3, -0.25) is 4.79 Å². The highest BCUT2D eigenvalue weighted by Crippen LogP contribution is 2.34. The van der Waals surface area contributed by atoms with Crippen molar-refractivity contribution in [2.24, 2.45) is 0 Å². The van der Waals surface area contributed by atoms with Crippen LogP contribution < -0.4 is 14.8 Å². The third kappa shape index (κ3) is 3.61. The maximum Gasteiger partial charge on any atom is 0.234 e. The van der Waals surface area contributed by atoms with E-state index in [9.17, 15) is 4.79 Å². The van der Waals surface area contributed by atoms with Crippen LogP contribution in [0.2, 0.25) is 10.0 Å². The molecule has 0 unspecified atom stereocenters. The first-order chi connectivity index (χ1) is 10.6. The first kappa shape index (κ1) is 15.3. The molecule has 0 atom stereocenters. The minimum atomic E-state index is -0.139. The van der Waals surface area contributed by atoms with E-state index in [0.717, 1.165) is 4.90 Å². The molecule has 0 bridgehead atoms. The van der Waals surface area contributed by atoms with Gasteiger partial charge in [-0.15, -0.1) is 11.8 Å². The van der Waals surface area contributed by atoms with Gasteiger partial charge in [-0.2, -0.15) is 0 Å². The second-order valence-corrected chi connectivity index (χ2v) is 6.34. The summed E-state index contributed by atoms with van der Waals surface area (Å²) in [5, 5.41) is 3.97. The van der Waals surface area contributed by atoms with E-state index >= 15 is 0 Å². The first-order valence-electron chi connectivity index (χ1n) is 6.39. The van der Waals surface area contributed by atoms with Gasteiger partial charge in [0.25, 0.3) is 0 Å². The van der Waals surface area contributed by atoms with Gasteiger partial charge in [0, 0.05) is 21.7 Å². The smallest absolute Gasteiger partial charge is 0.234 e. The number of ether oxygens (including phenoxy) is 2. The Morgan fingerprint density at radius 3 is 2.82 bits per heavy atom. The molecule has 0 aromatic heterocycles. The molecule has 4 nitrogen and oxygen atoms in total. The summed E-state index contributed by atoms with van der Waals surface area (Å²) < 4.78 is 10.5. The third-order valence-electron chi connectivity index (χ3n) is 2.91. The van der Waals surface area contributed by atoms with Crippen LogP contribution in [0.5, 0.6) is 11.5 Å². The Bertz CT molecular complexity index is 724. The van der Waals surface area contributed by atoms with E-state index in [1.165, 1.54) is 11.8 Å². The molecule has 114 valence electrons. The number of halogens is 2. The number of carbonyl (C=O) groups is 1. The molecule has 1 aliphatic heterocycles. The summed E-state index contributed by atoms with van der Waals surface area (Å²) in [4.78, 5) is 12.8. The predicted molar refractivity (Wildman–Crippen MR) is 88.4 cm³/mol. The summed E-state index contributed by atoms with van der Waals surface area (Å²) in [6.07, 6.45) is 0. The molecule has 0 fully saturated rings. The number of anilines is 1. The summed E-state index contributed by atoms with van der Waals surface area (Å²) in [6.45, 7) is 0.204. The van der Waals surface area contributed by atoms with Gasteiger partial charge >= 0.3 is 0 Å². The second kappa shape index (κ2) is 6.69. The number of hydrogen-bond acceptors (Lipinski definition) is 4. The Morgan fingerprint density at radius 2 is 1.95 bits per heavy atom. The normalized spacial score (nSPS) is 12.3. The number of nitrogens with one attached hydrogen (secondary N) is 1. The van der Waals surface area contributed by atoms with Crippen LogP contribution in [0.15, 0.2) is 41.3 Å². The summed E-state index contributed by atoms with van der Waals surface area (Å²) in [5.41, 5.74) is 0.659. The van der Waals surface area contributed by atoms with Crippen molar-refractivity contribution < 1.29 is 14.3 Å². The molecule has 0 radical (unpaired) electrons. The van der Waals surface area contributed by atoms with Crippen molar-refractivity contribution in [2.75, 3.05) is 17.9 Å². The van der Waals surface area contributed by atoms with Crippen molar-refractivity contribution in [1.82, 2.24) is 0 Å². The third-order valence-corrected chi connectivity index (χ3v) is 4.64. The summed E-state index contributed by atoms with van der Waals surface area (Å²) in [5.74, 6) is 1.40. The molecule has 0 saturated heterocycles. The number of amides is 1. The summed E-state index contributed by atoms with van der Waals surface area (Å²) in [7, 11) is 0. The summed E-state index contributed by atoms with van der Waals surface area (Å²) >= 11 is 13.3. The van der Waals surface area contributed by atoms with Crippen molar-refractivity contribution in [3.05, 3.63) is 46.4 Å². The van der Waals surface area contributed by atoms with Crippen LogP contribution in [-0.2, 0) is 4.79 Å². The molecule has 2 aromatic carbocycles. The van der Waals surface area contributed by atoms with Gasteiger partial charge in [-0.25, -0.2) is 0 Å². The van der Waals surface area contributed by atoms with Crippen LogP contribution in [0, 0.1) is 0 Å². The Balaban J connectivity index is 1.59.